The van der Waals surface area contributed by atoms with E-state index in [2.05, 4.69) is 5.32 Å². The molecule has 0 spiro atoms. The van der Waals surface area contributed by atoms with E-state index in [1.165, 1.54) is 4.31 Å². The van der Waals surface area contributed by atoms with Gasteiger partial charge in [0.25, 0.3) is 0 Å². The number of nitrogens with one attached hydrogen (secondary N) is 1. The maximum atomic E-state index is 12.0. The third kappa shape index (κ3) is 2.61. The highest BCUT2D eigenvalue weighted by atomic mass is 32.2. The van der Waals surface area contributed by atoms with Gasteiger partial charge in [0.15, 0.2) is 0 Å². The SMILES string of the molecule is CCCS(=O)(=O)N1C=CNc2ccccc2C1. The lowest BCUT2D eigenvalue weighted by atomic mass is 10.2. The summed E-state index contributed by atoms with van der Waals surface area (Å²) >= 11 is 0. The highest BCUT2D eigenvalue weighted by molar-refractivity contribution is 7.89. The first-order chi connectivity index (χ1) is 8.13. The Morgan fingerprint density at radius 2 is 2.12 bits per heavy atom. The first-order valence-corrected chi connectivity index (χ1v) is 7.25. The topological polar surface area (TPSA) is 49.4 Å². The number of hydrogen-bond donors (Lipinski definition) is 1. The van der Waals surface area contributed by atoms with Crippen molar-refractivity contribution in [1.29, 1.82) is 0 Å². The van der Waals surface area contributed by atoms with Crippen LogP contribution in [0.5, 0.6) is 0 Å². The van der Waals surface area contributed by atoms with Crippen LogP contribution in [0.4, 0.5) is 5.69 Å². The van der Waals surface area contributed by atoms with E-state index in [1.54, 1.807) is 12.4 Å². The van der Waals surface area contributed by atoms with Crippen LogP contribution in [0.1, 0.15) is 18.9 Å². The van der Waals surface area contributed by atoms with Crippen LogP contribution < -0.4 is 5.32 Å². The summed E-state index contributed by atoms with van der Waals surface area (Å²) in [7, 11) is -3.19. The molecule has 1 heterocycles. The van der Waals surface area contributed by atoms with Crippen molar-refractivity contribution in [3.63, 3.8) is 0 Å². The van der Waals surface area contributed by atoms with Gasteiger partial charge in [-0.2, -0.15) is 0 Å². The Balaban J connectivity index is 2.30. The molecule has 4 nitrogen and oxygen atoms in total. The minimum absolute atomic E-state index is 0.180. The molecule has 0 saturated heterocycles. The first kappa shape index (κ1) is 12.0. The minimum Gasteiger partial charge on any atom is -0.360 e. The minimum atomic E-state index is -3.19. The average Bonchev–Trinajstić information content (AvgIpc) is 2.51. The van der Waals surface area contributed by atoms with Gasteiger partial charge in [-0.25, -0.2) is 8.42 Å². The molecule has 0 radical (unpaired) electrons. The predicted molar refractivity (Wildman–Crippen MR) is 68.8 cm³/mol. The number of benzene rings is 1. The number of nitrogens with zero attached hydrogens (tertiary/aromatic N) is 1. The summed E-state index contributed by atoms with van der Waals surface area (Å²) in [4.78, 5) is 0. The van der Waals surface area contributed by atoms with Crippen LogP contribution in [0.3, 0.4) is 0 Å². The molecule has 0 amide bonds. The van der Waals surface area contributed by atoms with Crippen molar-refractivity contribution < 1.29 is 8.42 Å². The zero-order valence-electron chi connectivity index (χ0n) is 9.76. The molecular weight excluding hydrogens is 236 g/mol. The smallest absolute Gasteiger partial charge is 0.234 e. The number of para-hydroxylation sites is 1. The molecule has 0 unspecified atom stereocenters. The third-order valence-electron chi connectivity index (χ3n) is 2.64. The van der Waals surface area contributed by atoms with Gasteiger partial charge in [-0.05, 0) is 18.1 Å². The molecule has 0 saturated carbocycles. The van der Waals surface area contributed by atoms with Crippen LogP contribution in [-0.2, 0) is 16.6 Å². The van der Waals surface area contributed by atoms with Crippen LogP contribution in [0.25, 0.3) is 0 Å². The summed E-state index contributed by atoms with van der Waals surface area (Å²) in [5, 5.41) is 3.08. The lowest BCUT2D eigenvalue weighted by molar-refractivity contribution is 0.496. The van der Waals surface area contributed by atoms with Crippen LogP contribution in [0, 0.1) is 0 Å². The van der Waals surface area contributed by atoms with E-state index >= 15 is 0 Å². The van der Waals surface area contributed by atoms with E-state index in [-0.39, 0.29) is 5.75 Å². The second kappa shape index (κ2) is 4.79. The molecule has 0 atom stereocenters. The summed E-state index contributed by atoms with van der Waals surface area (Å²) in [6.07, 6.45) is 3.88. The van der Waals surface area contributed by atoms with E-state index in [4.69, 9.17) is 0 Å². The Hall–Kier alpha value is -1.49. The van der Waals surface area contributed by atoms with Gasteiger partial charge in [-0.15, -0.1) is 0 Å². The molecule has 0 aliphatic carbocycles. The fourth-order valence-electron chi connectivity index (χ4n) is 1.80. The second-order valence-corrected chi connectivity index (χ2v) is 6.02. The quantitative estimate of drug-likeness (QED) is 0.896. The molecular formula is C12H16N2O2S. The van der Waals surface area contributed by atoms with Crippen LogP contribution in [-0.4, -0.2) is 18.5 Å². The molecule has 2 rings (SSSR count). The van der Waals surface area contributed by atoms with Crippen LogP contribution in [0.15, 0.2) is 36.7 Å². The Morgan fingerprint density at radius 3 is 2.88 bits per heavy atom. The predicted octanol–water partition coefficient (Wildman–Crippen LogP) is 2.13. The van der Waals surface area contributed by atoms with Crippen LogP contribution >= 0.6 is 0 Å². The largest absolute Gasteiger partial charge is 0.360 e. The molecule has 1 aliphatic rings. The standard InChI is InChI=1S/C12H16N2O2S/c1-2-9-17(15,16)14-8-7-13-12-6-4-3-5-11(12)10-14/h3-8,13H,2,9-10H2,1H3. The Bertz CT molecular complexity index is 523. The van der Waals surface area contributed by atoms with Gasteiger partial charge in [0.05, 0.1) is 12.3 Å². The second-order valence-electron chi connectivity index (χ2n) is 3.98. The summed E-state index contributed by atoms with van der Waals surface area (Å²) in [6.45, 7) is 2.26. The molecule has 1 aromatic carbocycles. The number of sulfonamides is 1. The monoisotopic (exact) mass is 252 g/mol. The van der Waals surface area contributed by atoms with E-state index < -0.39 is 10.0 Å². The third-order valence-corrected chi connectivity index (χ3v) is 4.53. The number of anilines is 1. The maximum absolute atomic E-state index is 12.0. The molecule has 1 aliphatic heterocycles. The Kier molecular flexibility index (Phi) is 3.38. The van der Waals surface area contributed by atoms with E-state index in [0.717, 1.165) is 11.3 Å². The van der Waals surface area contributed by atoms with Crippen molar-refractivity contribution >= 4 is 15.7 Å². The number of fused-ring (bicyclic) bond motifs is 1. The van der Waals surface area contributed by atoms with Crippen molar-refractivity contribution in [2.24, 2.45) is 0 Å². The highest BCUT2D eigenvalue weighted by Crippen LogP contribution is 2.22. The Morgan fingerprint density at radius 1 is 1.35 bits per heavy atom. The summed E-state index contributed by atoms with van der Waals surface area (Å²) in [6, 6.07) is 7.71. The van der Waals surface area contributed by atoms with Crippen molar-refractivity contribution in [2.45, 2.75) is 19.9 Å². The fraction of sp³-hybridized carbons (Fsp3) is 0.333. The first-order valence-electron chi connectivity index (χ1n) is 5.64. The molecule has 5 heteroatoms. The fourth-order valence-corrected chi connectivity index (χ4v) is 3.13. The van der Waals surface area contributed by atoms with Gasteiger partial charge < -0.3 is 5.32 Å². The van der Waals surface area contributed by atoms with Gasteiger partial charge in [-0.3, -0.25) is 4.31 Å². The molecule has 0 bridgehead atoms. The Labute approximate surface area is 102 Å². The van der Waals surface area contributed by atoms with Crippen molar-refractivity contribution in [2.75, 3.05) is 11.1 Å². The van der Waals surface area contributed by atoms with E-state index in [1.807, 2.05) is 31.2 Å². The van der Waals surface area contributed by atoms with Crippen LogP contribution in [0.2, 0.25) is 0 Å². The van der Waals surface area contributed by atoms with Gasteiger partial charge >= 0.3 is 0 Å². The van der Waals surface area contributed by atoms with Gasteiger partial charge in [-0.1, -0.05) is 25.1 Å². The summed E-state index contributed by atoms with van der Waals surface area (Å²) in [5.74, 6) is 0.180. The molecule has 92 valence electrons. The van der Waals surface area contributed by atoms with Gasteiger partial charge in [0.2, 0.25) is 10.0 Å². The van der Waals surface area contributed by atoms with Crippen molar-refractivity contribution in [1.82, 2.24) is 4.31 Å². The van der Waals surface area contributed by atoms with Crippen molar-refractivity contribution in [3.05, 3.63) is 42.2 Å². The van der Waals surface area contributed by atoms with Gasteiger partial charge in [0, 0.05) is 18.1 Å². The number of rotatable bonds is 3. The molecule has 1 N–H and O–H groups in total. The maximum Gasteiger partial charge on any atom is 0.234 e. The molecule has 17 heavy (non-hydrogen) atoms. The zero-order chi connectivity index (χ0) is 12.3. The lowest BCUT2D eigenvalue weighted by Gasteiger charge is -2.19. The molecule has 1 aromatic rings. The van der Waals surface area contributed by atoms with E-state index in [0.29, 0.717) is 13.0 Å². The normalized spacial score (nSPS) is 15.0. The zero-order valence-corrected chi connectivity index (χ0v) is 10.6. The number of hydrogen-bond acceptors (Lipinski definition) is 3. The van der Waals surface area contributed by atoms with E-state index in [9.17, 15) is 8.42 Å². The van der Waals surface area contributed by atoms with Crippen molar-refractivity contribution in [3.8, 4) is 0 Å². The highest BCUT2D eigenvalue weighted by Gasteiger charge is 2.20. The molecule has 0 fully saturated rings. The average molecular weight is 252 g/mol. The molecule has 0 aromatic heterocycles. The summed E-state index contributed by atoms with van der Waals surface area (Å²) in [5.41, 5.74) is 1.94. The van der Waals surface area contributed by atoms with Gasteiger partial charge in [0.1, 0.15) is 0 Å². The summed E-state index contributed by atoms with van der Waals surface area (Å²) < 4.78 is 25.4. The lowest BCUT2D eigenvalue weighted by Crippen LogP contribution is -2.27.